The minimum Gasteiger partial charge on any atom is -0.386 e. The SMILES string of the molecule is CNc1c[nH]c2ccc(Cl)cc12. The highest BCUT2D eigenvalue weighted by atomic mass is 35.5. The lowest BCUT2D eigenvalue weighted by Crippen LogP contribution is -1.84. The van der Waals surface area contributed by atoms with Gasteiger partial charge >= 0.3 is 0 Å². The number of fused-ring (bicyclic) bond motifs is 1. The van der Waals surface area contributed by atoms with Gasteiger partial charge in [0, 0.05) is 29.2 Å². The minimum atomic E-state index is 0.763. The van der Waals surface area contributed by atoms with Crippen molar-refractivity contribution in [3.05, 3.63) is 29.4 Å². The summed E-state index contributed by atoms with van der Waals surface area (Å²) in [4.78, 5) is 3.15. The van der Waals surface area contributed by atoms with Crippen LogP contribution in [0.3, 0.4) is 0 Å². The number of H-pyrrole nitrogens is 1. The van der Waals surface area contributed by atoms with E-state index in [-0.39, 0.29) is 0 Å². The Balaban J connectivity index is 2.75. The Morgan fingerprint density at radius 3 is 3.00 bits per heavy atom. The third-order valence-corrected chi connectivity index (χ3v) is 2.15. The predicted molar refractivity (Wildman–Crippen MR) is 52.9 cm³/mol. The number of nitrogens with one attached hydrogen (secondary N) is 2. The highest BCUT2D eigenvalue weighted by Gasteiger charge is 2.00. The van der Waals surface area contributed by atoms with Crippen molar-refractivity contribution in [2.45, 2.75) is 0 Å². The lowest BCUT2D eigenvalue weighted by Gasteiger charge is -1.96. The summed E-state index contributed by atoms with van der Waals surface area (Å²) in [5.41, 5.74) is 2.18. The fourth-order valence-electron chi connectivity index (χ4n) is 1.30. The molecule has 0 saturated carbocycles. The summed E-state index contributed by atoms with van der Waals surface area (Å²) in [6.07, 6.45) is 1.93. The number of rotatable bonds is 1. The Labute approximate surface area is 75.5 Å². The van der Waals surface area contributed by atoms with Crippen molar-refractivity contribution in [2.24, 2.45) is 0 Å². The molecule has 0 amide bonds. The molecule has 0 atom stereocenters. The van der Waals surface area contributed by atoms with Gasteiger partial charge in [0.05, 0.1) is 5.69 Å². The quantitative estimate of drug-likeness (QED) is 0.694. The van der Waals surface area contributed by atoms with E-state index in [4.69, 9.17) is 11.6 Å². The number of hydrogen-bond donors (Lipinski definition) is 2. The van der Waals surface area contributed by atoms with Crippen LogP contribution in [0.5, 0.6) is 0 Å². The third kappa shape index (κ3) is 1.04. The molecule has 0 aliphatic rings. The zero-order valence-electron chi connectivity index (χ0n) is 6.69. The molecule has 0 spiro atoms. The van der Waals surface area contributed by atoms with Gasteiger partial charge < -0.3 is 10.3 Å². The molecule has 1 aromatic heterocycles. The van der Waals surface area contributed by atoms with Crippen molar-refractivity contribution in [1.82, 2.24) is 4.98 Å². The Morgan fingerprint density at radius 1 is 1.42 bits per heavy atom. The molecular formula is C9H9ClN2. The second-order valence-corrected chi connectivity index (χ2v) is 3.08. The van der Waals surface area contributed by atoms with Crippen molar-refractivity contribution in [1.29, 1.82) is 0 Å². The van der Waals surface area contributed by atoms with E-state index in [9.17, 15) is 0 Å². The van der Waals surface area contributed by atoms with Gasteiger partial charge in [-0.3, -0.25) is 0 Å². The van der Waals surface area contributed by atoms with Crippen molar-refractivity contribution >= 4 is 28.2 Å². The van der Waals surface area contributed by atoms with Crippen LogP contribution in [0.2, 0.25) is 5.02 Å². The fourth-order valence-corrected chi connectivity index (χ4v) is 1.47. The zero-order valence-corrected chi connectivity index (χ0v) is 7.44. The summed E-state index contributed by atoms with van der Waals surface area (Å²) < 4.78 is 0. The second-order valence-electron chi connectivity index (χ2n) is 2.64. The van der Waals surface area contributed by atoms with Crippen LogP contribution in [0.15, 0.2) is 24.4 Å². The summed E-state index contributed by atoms with van der Waals surface area (Å²) in [5.74, 6) is 0. The van der Waals surface area contributed by atoms with Gasteiger partial charge in [-0.15, -0.1) is 0 Å². The van der Waals surface area contributed by atoms with Crippen LogP contribution in [0, 0.1) is 0 Å². The van der Waals surface area contributed by atoms with Crippen molar-refractivity contribution in [3.63, 3.8) is 0 Å². The number of aromatic amines is 1. The zero-order chi connectivity index (χ0) is 8.55. The number of aromatic nitrogens is 1. The molecule has 1 aromatic carbocycles. The summed E-state index contributed by atoms with van der Waals surface area (Å²) in [7, 11) is 1.89. The maximum atomic E-state index is 5.86. The molecule has 0 unspecified atom stereocenters. The Hall–Kier alpha value is -1.15. The van der Waals surface area contributed by atoms with Crippen LogP contribution in [0.25, 0.3) is 10.9 Å². The van der Waals surface area contributed by atoms with Crippen LogP contribution in [0.1, 0.15) is 0 Å². The van der Waals surface area contributed by atoms with Gasteiger partial charge in [0.2, 0.25) is 0 Å². The van der Waals surface area contributed by atoms with E-state index in [0.717, 1.165) is 21.6 Å². The molecule has 0 fully saturated rings. The maximum Gasteiger partial charge on any atom is 0.0595 e. The van der Waals surface area contributed by atoms with Crippen molar-refractivity contribution in [2.75, 3.05) is 12.4 Å². The monoisotopic (exact) mass is 180 g/mol. The van der Waals surface area contributed by atoms with Crippen molar-refractivity contribution < 1.29 is 0 Å². The van der Waals surface area contributed by atoms with E-state index >= 15 is 0 Å². The van der Waals surface area contributed by atoms with Crippen LogP contribution >= 0.6 is 11.6 Å². The molecule has 2 N–H and O–H groups in total. The molecule has 2 aromatic rings. The molecule has 62 valence electrons. The van der Waals surface area contributed by atoms with E-state index in [1.807, 2.05) is 31.4 Å². The van der Waals surface area contributed by atoms with E-state index < -0.39 is 0 Å². The molecule has 2 rings (SSSR count). The lowest BCUT2D eigenvalue weighted by molar-refractivity contribution is 1.45. The fraction of sp³-hybridized carbons (Fsp3) is 0.111. The van der Waals surface area contributed by atoms with Crippen LogP contribution in [-0.2, 0) is 0 Å². The molecule has 2 nitrogen and oxygen atoms in total. The normalized spacial score (nSPS) is 10.5. The molecule has 12 heavy (non-hydrogen) atoms. The van der Waals surface area contributed by atoms with Crippen LogP contribution in [0.4, 0.5) is 5.69 Å². The van der Waals surface area contributed by atoms with Crippen LogP contribution < -0.4 is 5.32 Å². The van der Waals surface area contributed by atoms with E-state index in [1.54, 1.807) is 0 Å². The number of hydrogen-bond acceptors (Lipinski definition) is 1. The smallest absolute Gasteiger partial charge is 0.0595 e. The first-order valence-corrected chi connectivity index (χ1v) is 4.13. The highest BCUT2D eigenvalue weighted by molar-refractivity contribution is 6.31. The largest absolute Gasteiger partial charge is 0.386 e. The Bertz CT molecular complexity index is 406. The number of benzene rings is 1. The molecule has 1 heterocycles. The standard InChI is InChI=1S/C9H9ClN2/c1-11-9-5-12-8-3-2-6(10)4-7(8)9/h2-5,11-12H,1H3. The number of anilines is 1. The van der Waals surface area contributed by atoms with Gasteiger partial charge in [0.25, 0.3) is 0 Å². The predicted octanol–water partition coefficient (Wildman–Crippen LogP) is 2.86. The van der Waals surface area contributed by atoms with Gasteiger partial charge in [-0.25, -0.2) is 0 Å². The summed E-state index contributed by atoms with van der Waals surface area (Å²) in [5, 5.41) is 4.98. The van der Waals surface area contributed by atoms with Gasteiger partial charge in [0.15, 0.2) is 0 Å². The molecule has 0 aliphatic heterocycles. The minimum absolute atomic E-state index is 0.763. The first kappa shape index (κ1) is 7.50. The van der Waals surface area contributed by atoms with Gasteiger partial charge in [-0.1, -0.05) is 11.6 Å². The first-order chi connectivity index (χ1) is 5.81. The number of halogens is 1. The highest BCUT2D eigenvalue weighted by Crippen LogP contribution is 2.25. The molecule has 3 heteroatoms. The average Bonchev–Trinajstić information content (AvgIpc) is 2.46. The van der Waals surface area contributed by atoms with Crippen molar-refractivity contribution in [3.8, 4) is 0 Å². The van der Waals surface area contributed by atoms with E-state index in [1.165, 1.54) is 0 Å². The third-order valence-electron chi connectivity index (χ3n) is 1.91. The van der Waals surface area contributed by atoms with Crippen LogP contribution in [-0.4, -0.2) is 12.0 Å². The van der Waals surface area contributed by atoms with E-state index in [2.05, 4.69) is 10.3 Å². The lowest BCUT2D eigenvalue weighted by atomic mass is 10.2. The van der Waals surface area contributed by atoms with Gasteiger partial charge in [-0.2, -0.15) is 0 Å². The Kier molecular flexibility index (Phi) is 1.70. The average molecular weight is 181 g/mol. The molecule has 0 radical (unpaired) electrons. The van der Waals surface area contributed by atoms with E-state index in [0.29, 0.717) is 0 Å². The molecule has 0 saturated heterocycles. The summed E-state index contributed by atoms with van der Waals surface area (Å²) in [6.45, 7) is 0. The summed E-state index contributed by atoms with van der Waals surface area (Å²) in [6, 6.07) is 5.79. The Morgan fingerprint density at radius 2 is 2.25 bits per heavy atom. The summed E-state index contributed by atoms with van der Waals surface area (Å²) >= 11 is 5.86. The first-order valence-electron chi connectivity index (χ1n) is 3.75. The maximum absolute atomic E-state index is 5.86. The van der Waals surface area contributed by atoms with Gasteiger partial charge in [-0.05, 0) is 18.2 Å². The molecular weight excluding hydrogens is 172 g/mol. The topological polar surface area (TPSA) is 27.8 Å². The second kappa shape index (κ2) is 2.72. The molecule has 0 bridgehead atoms. The molecule has 0 aliphatic carbocycles. The van der Waals surface area contributed by atoms with Gasteiger partial charge in [0.1, 0.15) is 0 Å².